The molecule has 0 radical (unpaired) electrons. The highest BCUT2D eigenvalue weighted by atomic mass is 32.1. The van der Waals surface area contributed by atoms with Crippen LogP contribution in [0.1, 0.15) is 18.1 Å². The molecular formula is C25H31FN6O6S. The first kappa shape index (κ1) is 29.7. The molecule has 3 aromatic heterocycles. The number of halogens is 1. The Morgan fingerprint density at radius 1 is 1.13 bits per heavy atom. The number of thiophene rings is 1. The predicted octanol–water partition coefficient (Wildman–Crippen LogP) is 0.954. The molecular weight excluding hydrogens is 531 g/mol. The lowest BCUT2D eigenvalue weighted by Gasteiger charge is -2.17. The maximum Gasteiger partial charge on any atom is 0.332 e. The molecule has 0 spiro atoms. The van der Waals surface area contributed by atoms with Crippen LogP contribution in [-0.4, -0.2) is 79.1 Å². The monoisotopic (exact) mass is 562 g/mol. The summed E-state index contributed by atoms with van der Waals surface area (Å²) in [5.41, 5.74) is 0.311. The molecule has 0 saturated carbocycles. The highest BCUT2D eigenvalue weighted by Gasteiger charge is 2.22. The molecule has 0 bridgehead atoms. The first-order valence-corrected chi connectivity index (χ1v) is 12.8. The number of carbonyl (C=O) groups excluding carboxylic acids is 1. The van der Waals surface area contributed by atoms with Crippen LogP contribution in [0.2, 0.25) is 0 Å². The van der Waals surface area contributed by atoms with Gasteiger partial charge in [0, 0.05) is 39.2 Å². The fourth-order valence-electron chi connectivity index (χ4n) is 3.87. The van der Waals surface area contributed by atoms with Gasteiger partial charge in [0.05, 0.1) is 38.1 Å². The van der Waals surface area contributed by atoms with Gasteiger partial charge in [-0.3, -0.25) is 18.7 Å². The van der Waals surface area contributed by atoms with Crippen molar-refractivity contribution < 1.29 is 24.1 Å². The summed E-state index contributed by atoms with van der Waals surface area (Å²) < 4.78 is 21.9. The lowest BCUT2D eigenvalue weighted by Crippen LogP contribution is -2.42. The first-order valence-electron chi connectivity index (χ1n) is 12.0. The lowest BCUT2D eigenvalue weighted by molar-refractivity contribution is -0.127. The predicted molar refractivity (Wildman–Crippen MR) is 144 cm³/mol. The van der Waals surface area contributed by atoms with E-state index in [0.717, 1.165) is 4.57 Å². The maximum atomic E-state index is 13.9. The Morgan fingerprint density at radius 3 is 2.38 bits per heavy atom. The smallest absolute Gasteiger partial charge is 0.332 e. The Bertz CT molecular complexity index is 1540. The number of nitrogens with zero attached hydrogens (tertiary/aromatic N) is 6. The topological polar surface area (TPSA) is 145 Å². The number of methoxy groups -OCH3 is 1. The van der Waals surface area contributed by atoms with Crippen LogP contribution < -0.4 is 16.0 Å². The SMILES string of the molecule is COc1ccc(F)cc1CCn1c(=O)n(CCN(C)C(C)=O)c(=O)c2c(C)c(-n3nccn3)sc21.OCCO. The Hall–Kier alpha value is -3.88. The number of amides is 1. The summed E-state index contributed by atoms with van der Waals surface area (Å²) >= 11 is 1.24. The molecule has 4 rings (SSSR count). The van der Waals surface area contributed by atoms with E-state index in [1.54, 1.807) is 20.0 Å². The van der Waals surface area contributed by atoms with Crippen LogP contribution in [0.15, 0.2) is 40.2 Å². The van der Waals surface area contributed by atoms with E-state index in [2.05, 4.69) is 10.2 Å². The summed E-state index contributed by atoms with van der Waals surface area (Å²) in [6, 6.07) is 4.22. The molecule has 14 heteroatoms. The molecule has 0 unspecified atom stereocenters. The van der Waals surface area contributed by atoms with E-state index in [0.29, 0.717) is 38.5 Å². The zero-order valence-electron chi connectivity index (χ0n) is 22.1. The zero-order valence-corrected chi connectivity index (χ0v) is 22.9. The van der Waals surface area contributed by atoms with E-state index in [1.165, 1.54) is 64.2 Å². The number of likely N-dealkylation sites (N-methyl/N-ethyl adjacent to an activating group) is 1. The third-order valence-corrected chi connectivity index (χ3v) is 7.29. The average Bonchev–Trinajstić information content (AvgIpc) is 3.56. The number of hydrogen-bond acceptors (Lipinski definition) is 9. The van der Waals surface area contributed by atoms with Crippen molar-refractivity contribution in [1.82, 2.24) is 29.0 Å². The van der Waals surface area contributed by atoms with E-state index in [9.17, 15) is 18.8 Å². The van der Waals surface area contributed by atoms with Gasteiger partial charge in [-0.05, 0) is 37.1 Å². The van der Waals surface area contributed by atoms with Crippen LogP contribution in [0.5, 0.6) is 5.75 Å². The normalized spacial score (nSPS) is 10.8. The second-order valence-corrected chi connectivity index (χ2v) is 9.49. The molecule has 4 aromatic rings. The minimum absolute atomic E-state index is 0.0393. The van der Waals surface area contributed by atoms with Gasteiger partial charge in [0.15, 0.2) is 0 Å². The molecule has 0 saturated heterocycles. The van der Waals surface area contributed by atoms with Crippen LogP contribution in [0.25, 0.3) is 15.2 Å². The van der Waals surface area contributed by atoms with E-state index < -0.39 is 17.1 Å². The average molecular weight is 563 g/mol. The summed E-state index contributed by atoms with van der Waals surface area (Å²) in [4.78, 5) is 41.9. The van der Waals surface area contributed by atoms with Crippen LogP contribution >= 0.6 is 11.3 Å². The van der Waals surface area contributed by atoms with Crippen molar-refractivity contribution in [2.75, 3.05) is 33.9 Å². The molecule has 210 valence electrons. The number of rotatable bonds is 9. The summed E-state index contributed by atoms with van der Waals surface area (Å²) in [6.07, 6.45) is 3.36. The van der Waals surface area contributed by atoms with Crippen molar-refractivity contribution in [3.8, 4) is 10.8 Å². The van der Waals surface area contributed by atoms with Gasteiger partial charge in [0.1, 0.15) is 21.4 Å². The number of ether oxygens (including phenoxy) is 1. The van der Waals surface area contributed by atoms with Crippen molar-refractivity contribution in [2.24, 2.45) is 0 Å². The number of aliphatic hydroxyl groups is 2. The second-order valence-electron chi connectivity index (χ2n) is 8.52. The Kier molecular flexibility index (Phi) is 10.1. The fraction of sp³-hybridized carbons (Fsp3) is 0.400. The van der Waals surface area contributed by atoms with Crippen molar-refractivity contribution in [3.63, 3.8) is 0 Å². The summed E-state index contributed by atoms with van der Waals surface area (Å²) in [6.45, 7) is 3.38. The molecule has 2 N–H and O–H groups in total. The van der Waals surface area contributed by atoms with Crippen LogP contribution in [0.3, 0.4) is 0 Å². The first-order chi connectivity index (χ1) is 18.6. The summed E-state index contributed by atoms with van der Waals surface area (Å²) in [5.74, 6) is -0.0677. The summed E-state index contributed by atoms with van der Waals surface area (Å²) in [5, 5.41) is 24.6. The van der Waals surface area contributed by atoms with E-state index in [1.807, 2.05) is 0 Å². The van der Waals surface area contributed by atoms with Crippen molar-refractivity contribution in [3.05, 3.63) is 68.4 Å². The molecule has 1 aromatic carbocycles. The highest BCUT2D eigenvalue weighted by molar-refractivity contribution is 7.21. The number of hydrogen-bond donors (Lipinski definition) is 2. The number of carbonyl (C=O) groups is 1. The number of aromatic nitrogens is 5. The van der Waals surface area contributed by atoms with Gasteiger partial charge < -0.3 is 19.8 Å². The Balaban J connectivity index is 0.000000983. The molecule has 39 heavy (non-hydrogen) atoms. The molecule has 0 atom stereocenters. The van der Waals surface area contributed by atoms with E-state index in [-0.39, 0.29) is 38.8 Å². The number of aryl methyl sites for hydroxylation is 3. The standard InChI is InChI=1S/C23H25FN6O4S.C2H6O2/c1-14-19-20(32)28(12-11-27(3)15(2)31)23(33)29(22(19)35-21(14)30-25-8-9-26-30)10-7-16-13-17(24)5-6-18(16)34-4;3-1-2-4/h5-6,8-9,13H,7,10-12H2,1-4H3;3-4H,1-2H2. The second kappa shape index (κ2) is 13.3. The van der Waals surface area contributed by atoms with Crippen molar-refractivity contribution in [1.29, 1.82) is 0 Å². The van der Waals surface area contributed by atoms with Crippen LogP contribution in [-0.2, 0) is 24.3 Å². The van der Waals surface area contributed by atoms with E-state index >= 15 is 0 Å². The van der Waals surface area contributed by atoms with Crippen molar-refractivity contribution >= 4 is 27.5 Å². The van der Waals surface area contributed by atoms with Gasteiger partial charge in [0.2, 0.25) is 5.91 Å². The minimum Gasteiger partial charge on any atom is -0.496 e. The zero-order chi connectivity index (χ0) is 28.7. The van der Waals surface area contributed by atoms with Crippen LogP contribution in [0.4, 0.5) is 4.39 Å². The maximum absolute atomic E-state index is 13.9. The minimum atomic E-state index is -0.504. The summed E-state index contributed by atoms with van der Waals surface area (Å²) in [7, 11) is 3.11. The highest BCUT2D eigenvalue weighted by Crippen LogP contribution is 2.30. The Labute approximate surface area is 227 Å². The molecule has 0 aliphatic carbocycles. The third kappa shape index (κ3) is 6.58. The fourth-order valence-corrected chi connectivity index (χ4v) is 5.11. The van der Waals surface area contributed by atoms with Crippen LogP contribution in [0, 0.1) is 12.7 Å². The van der Waals surface area contributed by atoms with Gasteiger partial charge in [0.25, 0.3) is 5.56 Å². The number of fused-ring (bicyclic) bond motifs is 1. The third-order valence-electron chi connectivity index (χ3n) is 6.01. The largest absolute Gasteiger partial charge is 0.496 e. The molecule has 3 heterocycles. The quantitative estimate of drug-likeness (QED) is 0.307. The van der Waals surface area contributed by atoms with Gasteiger partial charge in [-0.15, -0.1) is 4.80 Å². The molecule has 0 aliphatic rings. The number of benzene rings is 1. The van der Waals surface area contributed by atoms with E-state index in [4.69, 9.17) is 14.9 Å². The number of aliphatic hydroxyl groups excluding tert-OH is 2. The van der Waals surface area contributed by atoms with Gasteiger partial charge >= 0.3 is 5.69 Å². The molecule has 0 aliphatic heterocycles. The molecule has 0 fully saturated rings. The molecule has 12 nitrogen and oxygen atoms in total. The lowest BCUT2D eigenvalue weighted by atomic mass is 10.1. The van der Waals surface area contributed by atoms with Gasteiger partial charge in [-0.1, -0.05) is 11.3 Å². The van der Waals surface area contributed by atoms with Gasteiger partial charge in [-0.2, -0.15) is 10.2 Å². The van der Waals surface area contributed by atoms with Crippen molar-refractivity contribution in [2.45, 2.75) is 33.4 Å². The Morgan fingerprint density at radius 2 is 1.79 bits per heavy atom. The van der Waals surface area contributed by atoms with Gasteiger partial charge in [-0.25, -0.2) is 9.18 Å². The molecule has 1 amide bonds.